The number of nitrogens with zero attached hydrogens (tertiary/aromatic N) is 1. The number of carbonyl (C=O) groups is 1. The van der Waals surface area contributed by atoms with Crippen LogP contribution in [0.2, 0.25) is 5.02 Å². The highest BCUT2D eigenvalue weighted by atomic mass is 35.5. The molecule has 0 saturated carbocycles. The molecular formula is C17H18ClN3O3. The zero-order valence-corrected chi connectivity index (χ0v) is 13.8. The number of urea groups is 1. The fourth-order valence-electron chi connectivity index (χ4n) is 2.30. The van der Waals surface area contributed by atoms with Crippen LogP contribution in [-0.4, -0.2) is 24.2 Å². The summed E-state index contributed by atoms with van der Waals surface area (Å²) in [6.45, 7) is 1.88. The van der Waals surface area contributed by atoms with Crippen LogP contribution in [-0.2, 0) is 13.1 Å². The summed E-state index contributed by atoms with van der Waals surface area (Å²) in [5.41, 5.74) is 1.64. The number of fused-ring (bicyclic) bond motifs is 1. The average Bonchev–Trinajstić information content (AvgIpc) is 2.85. The van der Waals surface area contributed by atoms with Gasteiger partial charge in [0.2, 0.25) is 0 Å². The first-order chi connectivity index (χ1) is 11.7. The van der Waals surface area contributed by atoms with E-state index >= 15 is 0 Å². The molecule has 0 atom stereocenters. The Labute approximate surface area is 145 Å². The minimum atomic E-state index is -0.274. The largest absolute Gasteiger partial charge is 0.489 e. The van der Waals surface area contributed by atoms with Gasteiger partial charge in [-0.25, -0.2) is 4.79 Å². The Morgan fingerprint density at radius 1 is 1.17 bits per heavy atom. The summed E-state index contributed by atoms with van der Waals surface area (Å²) < 4.78 is 11.2. The third-order valence-corrected chi connectivity index (χ3v) is 3.75. The topological polar surface area (TPSA) is 72.5 Å². The molecule has 0 spiro atoms. The monoisotopic (exact) mass is 347 g/mol. The van der Waals surface area contributed by atoms with E-state index in [-0.39, 0.29) is 6.03 Å². The Morgan fingerprint density at radius 3 is 2.83 bits per heavy atom. The summed E-state index contributed by atoms with van der Waals surface area (Å²) in [5, 5.41) is 6.03. The van der Waals surface area contributed by atoms with Crippen LogP contribution in [0.15, 0.2) is 36.5 Å². The Bertz CT molecular complexity index is 710. The van der Waals surface area contributed by atoms with Crippen molar-refractivity contribution in [2.45, 2.75) is 19.5 Å². The van der Waals surface area contributed by atoms with Gasteiger partial charge in [-0.05, 0) is 29.8 Å². The molecule has 1 aromatic heterocycles. The molecule has 2 heterocycles. The highest BCUT2D eigenvalue weighted by molar-refractivity contribution is 6.32. The molecule has 0 saturated heterocycles. The van der Waals surface area contributed by atoms with Gasteiger partial charge in [0.15, 0.2) is 11.5 Å². The maximum Gasteiger partial charge on any atom is 0.315 e. The SMILES string of the molecule is O=C(NCc1cc(Cl)c2c(c1)OCCCO2)NCc1ccccn1. The molecule has 24 heavy (non-hydrogen) atoms. The molecule has 126 valence electrons. The minimum absolute atomic E-state index is 0.274. The van der Waals surface area contributed by atoms with Crippen LogP contribution in [0.3, 0.4) is 0 Å². The van der Waals surface area contributed by atoms with Gasteiger partial charge in [0.05, 0.1) is 30.5 Å². The second-order valence-corrected chi connectivity index (χ2v) is 5.72. The van der Waals surface area contributed by atoms with Gasteiger partial charge in [-0.3, -0.25) is 4.98 Å². The molecule has 0 unspecified atom stereocenters. The van der Waals surface area contributed by atoms with Crippen LogP contribution in [0.4, 0.5) is 4.79 Å². The number of aromatic nitrogens is 1. The molecule has 0 aliphatic carbocycles. The number of nitrogens with one attached hydrogen (secondary N) is 2. The predicted octanol–water partition coefficient (Wildman–Crippen LogP) is 2.90. The Hall–Kier alpha value is -2.47. The molecule has 7 heteroatoms. The van der Waals surface area contributed by atoms with E-state index in [9.17, 15) is 4.79 Å². The van der Waals surface area contributed by atoms with Crippen molar-refractivity contribution >= 4 is 17.6 Å². The number of hydrogen-bond acceptors (Lipinski definition) is 4. The van der Waals surface area contributed by atoms with E-state index in [1.165, 1.54) is 0 Å². The summed E-state index contributed by atoms with van der Waals surface area (Å²) in [7, 11) is 0. The molecule has 2 amide bonds. The molecule has 1 aliphatic heterocycles. The fourth-order valence-corrected chi connectivity index (χ4v) is 2.59. The first-order valence-corrected chi connectivity index (χ1v) is 8.10. The third-order valence-electron chi connectivity index (χ3n) is 3.47. The summed E-state index contributed by atoms with van der Waals surface area (Å²) in [6, 6.07) is 8.90. The third kappa shape index (κ3) is 4.29. The van der Waals surface area contributed by atoms with Crippen molar-refractivity contribution in [1.82, 2.24) is 15.6 Å². The Morgan fingerprint density at radius 2 is 2.00 bits per heavy atom. The van der Waals surface area contributed by atoms with Crippen LogP contribution in [0.25, 0.3) is 0 Å². The quantitative estimate of drug-likeness (QED) is 0.892. The lowest BCUT2D eigenvalue weighted by Gasteiger charge is -2.12. The summed E-state index contributed by atoms with van der Waals surface area (Å²) >= 11 is 6.23. The lowest BCUT2D eigenvalue weighted by Crippen LogP contribution is -2.34. The molecular weight excluding hydrogens is 330 g/mol. The van der Waals surface area contributed by atoms with Crippen LogP contribution in [0, 0.1) is 0 Å². The normalized spacial score (nSPS) is 13.0. The number of rotatable bonds is 4. The molecule has 0 bridgehead atoms. The first kappa shape index (κ1) is 16.4. The van der Waals surface area contributed by atoms with Crippen molar-refractivity contribution in [3.63, 3.8) is 0 Å². The van der Waals surface area contributed by atoms with Gasteiger partial charge in [-0.15, -0.1) is 0 Å². The van der Waals surface area contributed by atoms with Crippen LogP contribution >= 0.6 is 11.6 Å². The van der Waals surface area contributed by atoms with Gasteiger partial charge in [-0.1, -0.05) is 17.7 Å². The van der Waals surface area contributed by atoms with Crippen molar-refractivity contribution in [2.75, 3.05) is 13.2 Å². The molecule has 0 fully saturated rings. The molecule has 2 N–H and O–H groups in total. The van der Waals surface area contributed by atoms with Gasteiger partial charge in [0.1, 0.15) is 0 Å². The number of ether oxygens (including phenoxy) is 2. The van der Waals surface area contributed by atoms with E-state index in [2.05, 4.69) is 15.6 Å². The minimum Gasteiger partial charge on any atom is -0.489 e. The van der Waals surface area contributed by atoms with E-state index in [1.54, 1.807) is 12.3 Å². The van der Waals surface area contributed by atoms with E-state index < -0.39 is 0 Å². The summed E-state index contributed by atoms with van der Waals surface area (Å²) in [4.78, 5) is 16.0. The molecule has 0 radical (unpaired) electrons. The maximum absolute atomic E-state index is 11.9. The van der Waals surface area contributed by atoms with Crippen molar-refractivity contribution in [2.24, 2.45) is 0 Å². The van der Waals surface area contributed by atoms with E-state index in [4.69, 9.17) is 21.1 Å². The van der Waals surface area contributed by atoms with Crippen molar-refractivity contribution in [3.8, 4) is 11.5 Å². The lowest BCUT2D eigenvalue weighted by molar-refractivity contribution is 0.240. The molecule has 2 aromatic rings. The molecule has 3 rings (SSSR count). The van der Waals surface area contributed by atoms with Crippen molar-refractivity contribution in [1.29, 1.82) is 0 Å². The van der Waals surface area contributed by atoms with Crippen LogP contribution < -0.4 is 20.1 Å². The maximum atomic E-state index is 11.9. The van der Waals surface area contributed by atoms with Gasteiger partial charge in [0, 0.05) is 19.2 Å². The smallest absolute Gasteiger partial charge is 0.315 e. The van der Waals surface area contributed by atoms with E-state index in [0.29, 0.717) is 42.8 Å². The number of amides is 2. The summed E-state index contributed by atoms with van der Waals surface area (Å²) in [5.74, 6) is 1.18. The highest BCUT2D eigenvalue weighted by Crippen LogP contribution is 2.37. The van der Waals surface area contributed by atoms with Gasteiger partial charge >= 0.3 is 6.03 Å². The fraction of sp³-hybridized carbons (Fsp3) is 0.294. The lowest BCUT2D eigenvalue weighted by atomic mass is 10.2. The predicted molar refractivity (Wildman–Crippen MR) is 90.4 cm³/mol. The van der Waals surface area contributed by atoms with Gasteiger partial charge in [-0.2, -0.15) is 0 Å². The van der Waals surface area contributed by atoms with Crippen molar-refractivity contribution in [3.05, 3.63) is 52.8 Å². The summed E-state index contributed by atoms with van der Waals surface area (Å²) in [6.07, 6.45) is 2.50. The number of hydrogen-bond donors (Lipinski definition) is 2. The second-order valence-electron chi connectivity index (χ2n) is 5.31. The second kappa shape index (κ2) is 7.88. The number of pyridine rings is 1. The van der Waals surface area contributed by atoms with Crippen LogP contribution in [0.5, 0.6) is 11.5 Å². The molecule has 6 nitrogen and oxygen atoms in total. The molecule has 1 aromatic carbocycles. The number of halogens is 1. The number of benzene rings is 1. The zero-order chi connectivity index (χ0) is 16.8. The Balaban J connectivity index is 1.55. The first-order valence-electron chi connectivity index (χ1n) is 7.72. The van der Waals surface area contributed by atoms with Crippen molar-refractivity contribution < 1.29 is 14.3 Å². The van der Waals surface area contributed by atoms with Gasteiger partial charge < -0.3 is 20.1 Å². The zero-order valence-electron chi connectivity index (χ0n) is 13.0. The average molecular weight is 348 g/mol. The highest BCUT2D eigenvalue weighted by Gasteiger charge is 2.15. The van der Waals surface area contributed by atoms with E-state index in [0.717, 1.165) is 17.7 Å². The Kier molecular flexibility index (Phi) is 5.38. The van der Waals surface area contributed by atoms with E-state index in [1.807, 2.05) is 24.3 Å². The number of carbonyl (C=O) groups excluding carboxylic acids is 1. The van der Waals surface area contributed by atoms with Gasteiger partial charge in [0.25, 0.3) is 0 Å². The molecule has 1 aliphatic rings. The van der Waals surface area contributed by atoms with Crippen LogP contribution in [0.1, 0.15) is 17.7 Å². The standard InChI is InChI=1S/C17H18ClN3O3/c18-14-8-12(9-15-16(14)24-7-3-6-23-15)10-20-17(22)21-11-13-4-1-2-5-19-13/h1-2,4-5,8-9H,3,6-7,10-11H2,(H2,20,21,22).